The molecule has 0 fully saturated rings. The molecular weight excluding hydrogens is 138 g/mol. The predicted molar refractivity (Wildman–Crippen MR) is 48.7 cm³/mol. The molecule has 1 unspecified atom stereocenters. The largest absolute Gasteiger partial charge is 0.390 e. The Labute approximate surface area is 74.2 Å². The fourth-order valence-corrected chi connectivity index (χ4v) is 0.913. The monoisotopic (exact) mass is 162 g/mol. The molecule has 0 aromatic rings. The number of hydrogen-bond donors (Lipinski definition) is 2. The van der Waals surface area contributed by atoms with E-state index in [1.54, 1.807) is 13.8 Å². The van der Waals surface area contributed by atoms with Gasteiger partial charge in [-0.1, -0.05) is 0 Å². The van der Waals surface area contributed by atoms with E-state index in [-0.39, 0.29) is 6.04 Å². The second-order valence-corrected chi connectivity index (χ2v) is 3.75. The molecule has 0 saturated carbocycles. The van der Waals surface area contributed by atoms with Crippen molar-refractivity contribution in [3.63, 3.8) is 0 Å². The van der Waals surface area contributed by atoms with Crippen molar-refractivity contribution in [2.24, 2.45) is 0 Å². The number of aliphatic hydroxyl groups is 1. The summed E-state index contributed by atoms with van der Waals surface area (Å²) in [5.74, 6) is 0. The van der Waals surface area contributed by atoms with Gasteiger partial charge in [-0.05, 0) is 47.0 Å². The first-order chi connectivity index (χ1) is 6.10. The molecule has 2 N–H and O–H groups in total. The minimum Gasteiger partial charge on any atom is -0.390 e. The normalized spacial score (nSPS) is 20.2. The summed E-state index contributed by atoms with van der Waals surface area (Å²) in [5, 5.41) is 12.0. The summed E-state index contributed by atoms with van der Waals surface area (Å²) in [7, 11) is 0. The maximum absolute atomic E-state index is 9.43. The second kappa shape index (κ2) is 4.73. The molecule has 0 aliphatic heterocycles. The van der Waals surface area contributed by atoms with Crippen LogP contribution in [0.4, 0.5) is 0 Å². The van der Waals surface area contributed by atoms with Crippen LogP contribution < -0.4 is 5.32 Å². The first-order valence-electron chi connectivity index (χ1n) is 5.60. The van der Waals surface area contributed by atoms with Crippen LogP contribution in [0.2, 0.25) is 0 Å². The lowest BCUT2D eigenvalue weighted by Gasteiger charge is -2.18. The summed E-state index contributed by atoms with van der Waals surface area (Å²) in [6, 6.07) is -0.0372. The minimum absolute atomic E-state index is 0.0372. The molecule has 0 aliphatic rings. The van der Waals surface area contributed by atoms with E-state index in [0.29, 0.717) is 6.42 Å². The van der Waals surface area contributed by atoms with E-state index < -0.39 is 12.6 Å². The van der Waals surface area contributed by atoms with Gasteiger partial charge in [-0.15, -0.1) is 0 Å². The van der Waals surface area contributed by atoms with E-state index in [2.05, 4.69) is 5.32 Å². The first kappa shape index (κ1) is 6.44. The van der Waals surface area contributed by atoms with Gasteiger partial charge in [0, 0.05) is 10.2 Å². The smallest absolute Gasteiger partial charge is 0.0591 e. The highest BCUT2D eigenvalue weighted by Crippen LogP contribution is 2.12. The Morgan fingerprint density at radius 1 is 1.64 bits per heavy atom. The summed E-state index contributed by atoms with van der Waals surface area (Å²) in [4.78, 5) is 0. The highest BCUT2D eigenvalue weighted by atomic mass is 16.3. The Balaban J connectivity index is 3.60. The van der Waals surface area contributed by atoms with Crippen LogP contribution in [0.15, 0.2) is 0 Å². The van der Waals surface area contributed by atoms with E-state index in [9.17, 15) is 5.11 Å². The molecule has 2 nitrogen and oxygen atoms in total. The van der Waals surface area contributed by atoms with Crippen LogP contribution in [0.3, 0.4) is 0 Å². The van der Waals surface area contributed by atoms with Crippen LogP contribution in [0.1, 0.15) is 44.1 Å². The Hall–Kier alpha value is -0.0800. The van der Waals surface area contributed by atoms with Gasteiger partial charge in [-0.25, -0.2) is 0 Å². The molecule has 0 amide bonds. The van der Waals surface area contributed by atoms with Gasteiger partial charge in [0.25, 0.3) is 0 Å². The van der Waals surface area contributed by atoms with Crippen LogP contribution in [0.25, 0.3) is 0 Å². The van der Waals surface area contributed by atoms with E-state index in [4.69, 9.17) is 4.11 Å². The van der Waals surface area contributed by atoms with Gasteiger partial charge in [0.15, 0.2) is 0 Å². The summed E-state index contributed by atoms with van der Waals surface area (Å²) in [6.07, 6.45) is 2.29. The maximum Gasteiger partial charge on any atom is 0.0591 e. The molecule has 0 saturated heterocycles. The molecule has 0 spiro atoms. The van der Waals surface area contributed by atoms with Crippen LogP contribution >= 0.6 is 0 Å². The fraction of sp³-hybridized carbons (Fsp3) is 1.00. The quantitative estimate of drug-likeness (QED) is 0.642. The van der Waals surface area contributed by atoms with Crippen molar-refractivity contribution in [1.82, 2.24) is 5.32 Å². The Morgan fingerprint density at radius 2 is 2.27 bits per heavy atom. The zero-order valence-electron chi connectivity index (χ0n) is 10.6. The standard InChI is InChI=1S/C9H21NO/c1-8(10-4)6-5-7-9(2,3)11/h8,10-11H,5-7H2,1-4H3/i4D3. The minimum atomic E-state index is -2.06. The highest BCUT2D eigenvalue weighted by molar-refractivity contribution is 4.66. The molecular formula is C9H21NO. The molecule has 1 atom stereocenters. The molecule has 0 rings (SSSR count). The van der Waals surface area contributed by atoms with Gasteiger partial charge in [-0.3, -0.25) is 0 Å². The van der Waals surface area contributed by atoms with E-state index in [0.717, 1.165) is 12.8 Å². The van der Waals surface area contributed by atoms with Crippen LogP contribution in [0.5, 0.6) is 0 Å². The van der Waals surface area contributed by atoms with Crippen LogP contribution in [-0.4, -0.2) is 23.7 Å². The summed E-state index contributed by atoms with van der Waals surface area (Å²) in [5.41, 5.74) is -0.653. The molecule has 11 heavy (non-hydrogen) atoms. The van der Waals surface area contributed by atoms with E-state index in [1.807, 2.05) is 6.92 Å². The summed E-state index contributed by atoms with van der Waals surface area (Å²) in [6.45, 7) is 3.30. The molecule has 0 aromatic heterocycles. The first-order valence-corrected chi connectivity index (χ1v) is 4.10. The highest BCUT2D eigenvalue weighted by Gasteiger charge is 2.11. The molecule has 68 valence electrons. The van der Waals surface area contributed by atoms with E-state index >= 15 is 0 Å². The molecule has 2 heteroatoms. The zero-order valence-corrected chi connectivity index (χ0v) is 7.65. The van der Waals surface area contributed by atoms with Crippen LogP contribution in [0, 0.1) is 0 Å². The predicted octanol–water partition coefficient (Wildman–Crippen LogP) is 1.54. The number of rotatable bonds is 5. The molecule has 0 heterocycles. The lowest BCUT2D eigenvalue weighted by atomic mass is 10.00. The van der Waals surface area contributed by atoms with Gasteiger partial charge < -0.3 is 10.4 Å². The average molecular weight is 162 g/mol. The van der Waals surface area contributed by atoms with Crippen molar-refractivity contribution in [3.8, 4) is 0 Å². The lowest BCUT2D eigenvalue weighted by molar-refractivity contribution is 0.0676. The zero-order chi connectivity index (χ0) is 11.4. The number of nitrogens with one attached hydrogen (secondary N) is 1. The molecule has 0 aromatic carbocycles. The lowest BCUT2D eigenvalue weighted by Crippen LogP contribution is -2.23. The van der Waals surface area contributed by atoms with Crippen molar-refractivity contribution < 1.29 is 9.22 Å². The van der Waals surface area contributed by atoms with Crippen molar-refractivity contribution >= 4 is 0 Å². The summed E-state index contributed by atoms with van der Waals surface area (Å²) < 4.78 is 21.0. The van der Waals surface area contributed by atoms with Crippen LogP contribution in [-0.2, 0) is 0 Å². The Kier molecular flexibility index (Phi) is 2.77. The van der Waals surface area contributed by atoms with Crippen molar-refractivity contribution in [2.75, 3.05) is 6.98 Å². The third-order valence-electron chi connectivity index (χ3n) is 1.67. The maximum atomic E-state index is 9.43. The van der Waals surface area contributed by atoms with Gasteiger partial charge in [0.2, 0.25) is 0 Å². The second-order valence-electron chi connectivity index (χ2n) is 3.75. The fourth-order valence-electron chi connectivity index (χ4n) is 0.913. The summed E-state index contributed by atoms with van der Waals surface area (Å²) >= 11 is 0. The third-order valence-corrected chi connectivity index (χ3v) is 1.67. The Bertz CT molecular complexity index is 162. The SMILES string of the molecule is [2H]C([2H])([2H])NC(C)CCCC(C)(C)O. The average Bonchev–Trinajstić information content (AvgIpc) is 1.78. The topological polar surface area (TPSA) is 32.3 Å². The molecule has 0 bridgehead atoms. The van der Waals surface area contributed by atoms with Crippen molar-refractivity contribution in [3.05, 3.63) is 0 Å². The van der Waals surface area contributed by atoms with Gasteiger partial charge in [0.1, 0.15) is 0 Å². The van der Waals surface area contributed by atoms with Crippen molar-refractivity contribution in [1.29, 1.82) is 0 Å². The third kappa shape index (κ3) is 7.82. The van der Waals surface area contributed by atoms with Gasteiger partial charge in [0.05, 0.1) is 5.60 Å². The van der Waals surface area contributed by atoms with Crippen molar-refractivity contribution in [2.45, 2.75) is 51.7 Å². The molecule has 0 radical (unpaired) electrons. The van der Waals surface area contributed by atoms with Gasteiger partial charge >= 0.3 is 0 Å². The molecule has 0 aliphatic carbocycles. The Morgan fingerprint density at radius 3 is 2.73 bits per heavy atom. The van der Waals surface area contributed by atoms with E-state index in [1.165, 1.54) is 0 Å². The van der Waals surface area contributed by atoms with Gasteiger partial charge in [-0.2, -0.15) is 0 Å². The number of hydrogen-bond acceptors (Lipinski definition) is 2.